The molecule has 0 unspecified atom stereocenters. The number of hydrogen-bond donors (Lipinski definition) is 1. The van der Waals surface area contributed by atoms with E-state index >= 15 is 0 Å². The van der Waals surface area contributed by atoms with Gasteiger partial charge in [-0.15, -0.1) is 0 Å². The smallest absolute Gasteiger partial charge is 0.100 e. The molecule has 0 spiro atoms. The lowest BCUT2D eigenvalue weighted by molar-refractivity contribution is 1.45. The van der Waals surface area contributed by atoms with Gasteiger partial charge in [0, 0.05) is 13.7 Å². The highest BCUT2D eigenvalue weighted by Crippen LogP contribution is 2.25. The van der Waals surface area contributed by atoms with Crippen LogP contribution >= 0.6 is 38.5 Å². The third-order valence-electron chi connectivity index (χ3n) is 1.17. The van der Waals surface area contributed by atoms with Crippen LogP contribution in [0, 0.1) is 14.9 Å². The molecule has 0 aliphatic heterocycles. The molecular weight excluding hydrogens is 319 g/mol. The molecule has 0 saturated carbocycles. The third-order valence-corrected chi connectivity index (χ3v) is 3.70. The molecule has 0 heterocycles. The first-order valence-electron chi connectivity index (χ1n) is 2.79. The summed E-state index contributed by atoms with van der Waals surface area (Å²) in [5.74, 6) is 0. The van der Waals surface area contributed by atoms with Crippen molar-refractivity contribution >= 4 is 44.2 Å². The summed E-state index contributed by atoms with van der Waals surface area (Å²) in [7, 11) is 0. The summed E-state index contributed by atoms with van der Waals surface area (Å²) < 4.78 is 1.77. The van der Waals surface area contributed by atoms with Gasteiger partial charge >= 0.3 is 0 Å². The van der Waals surface area contributed by atoms with Crippen molar-refractivity contribution in [3.05, 3.63) is 25.7 Å². The molecule has 56 valence electrons. The summed E-state index contributed by atoms with van der Waals surface area (Å²) in [5.41, 5.74) is 6.73. The Morgan fingerprint density at radius 2 is 2.18 bits per heavy atom. The summed E-state index contributed by atoms with van der Waals surface area (Å²) in [6.45, 7) is 0. The Bertz CT molecular complexity index is 330. The van der Waals surface area contributed by atoms with Crippen LogP contribution in [0.25, 0.3) is 0 Å². The normalized spacial score (nSPS) is 9.18. The van der Waals surface area contributed by atoms with Gasteiger partial charge in [0.15, 0.2) is 0 Å². The highest BCUT2D eigenvalue weighted by Gasteiger charge is 2.03. The van der Waals surface area contributed by atoms with E-state index in [0.717, 1.165) is 8.04 Å². The van der Waals surface area contributed by atoms with Gasteiger partial charge in [0.05, 0.1) is 5.56 Å². The maximum absolute atomic E-state index is 8.64. The maximum Gasteiger partial charge on any atom is 0.100 e. The fraction of sp³-hybridized carbons (Fsp3) is 0. The monoisotopic (exact) mass is 322 g/mol. The van der Waals surface area contributed by atoms with Gasteiger partial charge in [-0.25, -0.2) is 0 Å². The van der Waals surface area contributed by atoms with Crippen molar-refractivity contribution in [3.63, 3.8) is 0 Å². The average molecular weight is 323 g/mol. The van der Waals surface area contributed by atoms with Gasteiger partial charge in [-0.1, -0.05) is 0 Å². The van der Waals surface area contributed by atoms with Crippen LogP contribution in [0.15, 0.2) is 16.6 Å². The van der Waals surface area contributed by atoms with Gasteiger partial charge < -0.3 is 5.73 Å². The van der Waals surface area contributed by atoms with Crippen LogP contribution in [-0.4, -0.2) is 0 Å². The van der Waals surface area contributed by atoms with E-state index in [0.29, 0.717) is 11.3 Å². The molecule has 0 radical (unpaired) electrons. The fourth-order valence-corrected chi connectivity index (χ4v) is 1.60. The SMILES string of the molecule is N#Cc1cc(N)cc(Br)c1I. The molecule has 1 aromatic rings. The summed E-state index contributed by atoms with van der Waals surface area (Å²) in [5, 5.41) is 8.64. The van der Waals surface area contributed by atoms with Gasteiger partial charge in [0.25, 0.3) is 0 Å². The molecule has 0 saturated heterocycles. The second-order valence-electron chi connectivity index (χ2n) is 1.98. The van der Waals surface area contributed by atoms with Crippen molar-refractivity contribution in [1.29, 1.82) is 5.26 Å². The average Bonchev–Trinajstić information content (AvgIpc) is 1.96. The highest BCUT2D eigenvalue weighted by molar-refractivity contribution is 14.1. The number of nitrogens with zero attached hydrogens (tertiary/aromatic N) is 1. The molecule has 0 amide bonds. The van der Waals surface area contributed by atoms with E-state index < -0.39 is 0 Å². The highest BCUT2D eigenvalue weighted by atomic mass is 127. The molecule has 4 heteroatoms. The van der Waals surface area contributed by atoms with Gasteiger partial charge in [0.2, 0.25) is 0 Å². The predicted molar refractivity (Wildman–Crippen MR) is 56.0 cm³/mol. The summed E-state index contributed by atoms with van der Waals surface area (Å²) in [6, 6.07) is 5.50. The van der Waals surface area contributed by atoms with Crippen molar-refractivity contribution < 1.29 is 0 Å². The van der Waals surface area contributed by atoms with Gasteiger partial charge in [-0.05, 0) is 50.7 Å². The molecular formula is C7H4BrIN2. The van der Waals surface area contributed by atoms with E-state index in [1.54, 1.807) is 12.1 Å². The van der Waals surface area contributed by atoms with Crippen LogP contribution in [0.5, 0.6) is 0 Å². The maximum atomic E-state index is 8.64. The predicted octanol–water partition coefficient (Wildman–Crippen LogP) is 2.51. The fourth-order valence-electron chi connectivity index (χ4n) is 0.691. The number of nitriles is 1. The minimum absolute atomic E-state index is 0.605. The standard InChI is InChI=1S/C7H4BrIN2/c8-6-2-5(11)1-4(3-10)7(6)9/h1-2H,11H2. The van der Waals surface area contributed by atoms with E-state index in [2.05, 4.69) is 44.6 Å². The number of rotatable bonds is 0. The molecule has 0 aliphatic carbocycles. The molecule has 1 rings (SSSR count). The summed E-state index contributed by atoms with van der Waals surface area (Å²) >= 11 is 5.40. The number of halogens is 2. The Hall–Kier alpha value is -0.280. The van der Waals surface area contributed by atoms with E-state index in [4.69, 9.17) is 11.0 Å². The minimum atomic E-state index is 0.605. The van der Waals surface area contributed by atoms with E-state index in [9.17, 15) is 0 Å². The first-order valence-corrected chi connectivity index (χ1v) is 4.67. The Labute approximate surface area is 86.7 Å². The lowest BCUT2D eigenvalue weighted by atomic mass is 10.2. The zero-order chi connectivity index (χ0) is 8.43. The Kier molecular flexibility index (Phi) is 2.73. The van der Waals surface area contributed by atoms with Crippen molar-refractivity contribution in [2.24, 2.45) is 0 Å². The Balaban J connectivity index is 3.39. The van der Waals surface area contributed by atoms with Crippen molar-refractivity contribution in [1.82, 2.24) is 0 Å². The number of benzene rings is 1. The topological polar surface area (TPSA) is 49.8 Å². The van der Waals surface area contributed by atoms with Crippen molar-refractivity contribution in [2.45, 2.75) is 0 Å². The Morgan fingerprint density at radius 3 is 2.73 bits per heavy atom. The summed E-state index contributed by atoms with van der Waals surface area (Å²) in [4.78, 5) is 0. The van der Waals surface area contributed by atoms with Crippen molar-refractivity contribution in [2.75, 3.05) is 5.73 Å². The molecule has 1 aromatic carbocycles. The van der Waals surface area contributed by atoms with Gasteiger partial charge in [-0.2, -0.15) is 5.26 Å². The minimum Gasteiger partial charge on any atom is -0.399 e. The second kappa shape index (κ2) is 3.41. The zero-order valence-electron chi connectivity index (χ0n) is 5.44. The molecule has 0 bridgehead atoms. The van der Waals surface area contributed by atoms with E-state index in [1.807, 2.05) is 0 Å². The second-order valence-corrected chi connectivity index (χ2v) is 3.91. The van der Waals surface area contributed by atoms with Crippen LogP contribution in [0.3, 0.4) is 0 Å². The largest absolute Gasteiger partial charge is 0.399 e. The number of nitrogen functional groups attached to an aromatic ring is 1. The first kappa shape index (κ1) is 8.81. The van der Waals surface area contributed by atoms with Gasteiger partial charge in [0.1, 0.15) is 6.07 Å². The number of anilines is 1. The lowest BCUT2D eigenvalue weighted by Crippen LogP contribution is -1.89. The Morgan fingerprint density at radius 1 is 1.55 bits per heavy atom. The molecule has 0 aromatic heterocycles. The van der Waals surface area contributed by atoms with Crippen molar-refractivity contribution in [3.8, 4) is 6.07 Å². The third kappa shape index (κ3) is 1.84. The van der Waals surface area contributed by atoms with Crippen LogP contribution in [0.4, 0.5) is 5.69 Å². The number of nitrogens with two attached hydrogens (primary N) is 1. The lowest BCUT2D eigenvalue weighted by Gasteiger charge is -1.99. The van der Waals surface area contributed by atoms with Crippen LogP contribution in [0.2, 0.25) is 0 Å². The molecule has 0 atom stereocenters. The molecule has 2 nitrogen and oxygen atoms in total. The first-order chi connectivity index (χ1) is 5.15. The summed E-state index contributed by atoms with van der Waals surface area (Å²) in [6.07, 6.45) is 0. The quantitative estimate of drug-likeness (QED) is 0.589. The number of hydrogen-bond acceptors (Lipinski definition) is 2. The van der Waals surface area contributed by atoms with Gasteiger partial charge in [-0.3, -0.25) is 0 Å². The van der Waals surface area contributed by atoms with Crippen LogP contribution < -0.4 is 5.73 Å². The van der Waals surface area contributed by atoms with E-state index in [-0.39, 0.29) is 0 Å². The molecule has 0 aliphatic rings. The zero-order valence-corrected chi connectivity index (χ0v) is 9.18. The van der Waals surface area contributed by atoms with Crippen LogP contribution in [-0.2, 0) is 0 Å². The molecule has 11 heavy (non-hydrogen) atoms. The van der Waals surface area contributed by atoms with E-state index in [1.165, 1.54) is 0 Å². The molecule has 0 fully saturated rings. The molecule has 2 N–H and O–H groups in total. The van der Waals surface area contributed by atoms with Crippen LogP contribution in [0.1, 0.15) is 5.56 Å².